The smallest absolute Gasteiger partial charge is 0.407 e. The second-order valence-corrected chi connectivity index (χ2v) is 5.58. The first kappa shape index (κ1) is 17.0. The van der Waals surface area contributed by atoms with Crippen molar-refractivity contribution in [3.63, 3.8) is 0 Å². The van der Waals surface area contributed by atoms with Crippen molar-refractivity contribution >= 4 is 17.4 Å². The Labute approximate surface area is 134 Å². The first-order chi connectivity index (χ1) is 11.0. The van der Waals surface area contributed by atoms with Crippen LogP contribution in [-0.2, 0) is 11.8 Å². The molecule has 0 fully saturated rings. The highest BCUT2D eigenvalue weighted by Crippen LogP contribution is 2.32. The molecule has 1 aromatic rings. The predicted octanol–water partition coefficient (Wildman–Crippen LogP) is 2.79. The monoisotopic (exact) mass is 322 g/mol. The van der Waals surface area contributed by atoms with Gasteiger partial charge in [-0.15, -0.1) is 0 Å². The molecule has 1 N–H and O–H groups in total. The van der Waals surface area contributed by atoms with Crippen LogP contribution in [0, 0.1) is 10.1 Å². The normalized spacial score (nSPS) is 17.5. The van der Waals surface area contributed by atoms with Gasteiger partial charge in [0.15, 0.2) is 0 Å². The highest BCUT2D eigenvalue weighted by molar-refractivity contribution is 5.73. The molecule has 126 valence electrons. The van der Waals surface area contributed by atoms with E-state index in [4.69, 9.17) is 4.74 Å². The number of unbranched alkanes of at least 4 members (excludes halogenated alkanes) is 1. The fourth-order valence-electron chi connectivity index (χ4n) is 2.67. The quantitative estimate of drug-likeness (QED) is 0.493. The van der Waals surface area contributed by atoms with Crippen LogP contribution in [0.15, 0.2) is 12.3 Å². The molecule has 23 heavy (non-hydrogen) atoms. The third-order valence-corrected chi connectivity index (χ3v) is 3.82. The highest BCUT2D eigenvalue weighted by Gasteiger charge is 2.26. The third kappa shape index (κ3) is 4.30. The number of nitrogens with zero attached hydrogens (tertiary/aromatic N) is 3. The molecule has 0 radical (unpaired) electrons. The van der Waals surface area contributed by atoms with Gasteiger partial charge in [-0.3, -0.25) is 14.8 Å². The number of ether oxygens (including phenoxy) is 1. The zero-order valence-corrected chi connectivity index (χ0v) is 13.4. The van der Waals surface area contributed by atoms with Crippen LogP contribution in [0.25, 0.3) is 5.57 Å². The van der Waals surface area contributed by atoms with Gasteiger partial charge >= 0.3 is 11.8 Å². The Balaban J connectivity index is 2.09. The molecule has 1 aliphatic carbocycles. The van der Waals surface area contributed by atoms with Crippen LogP contribution in [0.1, 0.15) is 44.7 Å². The first-order valence-electron chi connectivity index (χ1n) is 7.83. The summed E-state index contributed by atoms with van der Waals surface area (Å²) in [6.45, 7) is 2.43. The molecule has 1 aromatic heterocycles. The van der Waals surface area contributed by atoms with Gasteiger partial charge in [0.05, 0.1) is 17.6 Å². The maximum atomic E-state index is 11.7. The molecule has 0 saturated heterocycles. The summed E-state index contributed by atoms with van der Waals surface area (Å²) in [5, 5.41) is 17.9. The summed E-state index contributed by atoms with van der Waals surface area (Å²) in [4.78, 5) is 22.4. The molecule has 1 aliphatic rings. The van der Waals surface area contributed by atoms with E-state index < -0.39 is 11.0 Å². The number of nitrogens with one attached hydrogen (secondary N) is 1. The second kappa shape index (κ2) is 7.75. The Morgan fingerprint density at radius 3 is 3.09 bits per heavy atom. The Kier molecular flexibility index (Phi) is 5.72. The summed E-state index contributed by atoms with van der Waals surface area (Å²) in [5.74, 6) is 0. The van der Waals surface area contributed by atoms with Gasteiger partial charge < -0.3 is 10.1 Å². The third-order valence-electron chi connectivity index (χ3n) is 3.82. The van der Waals surface area contributed by atoms with E-state index in [9.17, 15) is 14.9 Å². The number of hydrogen-bond acceptors (Lipinski definition) is 5. The Bertz CT molecular complexity index is 609. The molecule has 0 aromatic carbocycles. The number of nitro groups is 1. The van der Waals surface area contributed by atoms with Crippen molar-refractivity contribution in [2.75, 3.05) is 6.61 Å². The molecule has 1 unspecified atom stereocenters. The van der Waals surface area contributed by atoms with E-state index in [-0.39, 0.29) is 11.7 Å². The summed E-state index contributed by atoms with van der Waals surface area (Å²) in [7, 11) is 1.68. The number of aromatic nitrogens is 2. The number of alkyl carbamates (subject to hydrolysis) is 1. The summed E-state index contributed by atoms with van der Waals surface area (Å²) < 4.78 is 6.60. The maximum Gasteiger partial charge on any atom is 0.407 e. The van der Waals surface area contributed by atoms with Gasteiger partial charge in [-0.05, 0) is 31.3 Å². The van der Waals surface area contributed by atoms with Gasteiger partial charge in [0, 0.05) is 7.05 Å². The Hall–Kier alpha value is -2.38. The fourth-order valence-corrected chi connectivity index (χ4v) is 2.67. The first-order valence-corrected chi connectivity index (χ1v) is 7.83. The van der Waals surface area contributed by atoms with Crippen LogP contribution in [0.5, 0.6) is 0 Å². The van der Waals surface area contributed by atoms with E-state index in [1.807, 2.05) is 13.0 Å². The summed E-state index contributed by atoms with van der Waals surface area (Å²) in [6, 6.07) is -0.178. The molecule has 1 atom stereocenters. The molecule has 2 rings (SSSR count). The molecule has 0 aliphatic heterocycles. The molecule has 1 heterocycles. The number of allylic oxidation sites excluding steroid dienone is 1. The van der Waals surface area contributed by atoms with Crippen LogP contribution in [-0.4, -0.2) is 33.4 Å². The van der Waals surface area contributed by atoms with Crippen LogP contribution < -0.4 is 5.32 Å². The number of hydrogen-bond donors (Lipinski definition) is 1. The summed E-state index contributed by atoms with van der Waals surface area (Å²) in [6.07, 6.45) is 6.84. The Morgan fingerprint density at radius 2 is 2.39 bits per heavy atom. The second-order valence-electron chi connectivity index (χ2n) is 5.58. The van der Waals surface area contributed by atoms with Crippen molar-refractivity contribution in [3.8, 4) is 0 Å². The van der Waals surface area contributed by atoms with Gasteiger partial charge in [0.1, 0.15) is 11.9 Å². The molecule has 0 saturated carbocycles. The predicted molar refractivity (Wildman–Crippen MR) is 84.9 cm³/mol. The van der Waals surface area contributed by atoms with Crippen molar-refractivity contribution in [3.05, 3.63) is 28.1 Å². The number of carbonyl (C=O) groups excluding carboxylic acids is 1. The number of carbonyl (C=O) groups is 1. The minimum atomic E-state index is -0.444. The number of rotatable bonds is 6. The van der Waals surface area contributed by atoms with E-state index >= 15 is 0 Å². The lowest BCUT2D eigenvalue weighted by atomic mass is 9.93. The van der Waals surface area contributed by atoms with E-state index in [0.717, 1.165) is 37.7 Å². The molecule has 8 heteroatoms. The lowest BCUT2D eigenvalue weighted by Gasteiger charge is -2.22. The fraction of sp³-hybridized carbons (Fsp3) is 0.600. The van der Waals surface area contributed by atoms with Crippen LogP contribution in [0.2, 0.25) is 0 Å². The molecule has 0 bridgehead atoms. The van der Waals surface area contributed by atoms with Crippen molar-refractivity contribution in [2.45, 2.75) is 45.1 Å². The number of aryl methyl sites for hydroxylation is 1. The molecule has 1 amide bonds. The van der Waals surface area contributed by atoms with E-state index in [1.54, 1.807) is 7.05 Å². The summed E-state index contributed by atoms with van der Waals surface area (Å²) in [5.41, 5.74) is 1.33. The van der Waals surface area contributed by atoms with Crippen LogP contribution in [0.3, 0.4) is 0 Å². The Morgan fingerprint density at radius 1 is 1.61 bits per heavy atom. The van der Waals surface area contributed by atoms with Crippen molar-refractivity contribution < 1.29 is 14.5 Å². The zero-order chi connectivity index (χ0) is 16.8. The zero-order valence-electron chi connectivity index (χ0n) is 13.4. The van der Waals surface area contributed by atoms with Crippen molar-refractivity contribution in [1.29, 1.82) is 0 Å². The van der Waals surface area contributed by atoms with Gasteiger partial charge in [-0.25, -0.2) is 4.79 Å². The standard InChI is InChI=1S/C15H22N4O4/c1-3-4-8-23-15(20)17-12-7-5-6-11(9-12)14-13(19(21)22)10-16-18(14)2/h9-10,12H,3-8H2,1-2H3,(H,17,20). The maximum absolute atomic E-state index is 11.7. The minimum Gasteiger partial charge on any atom is -0.450 e. The molecule has 0 spiro atoms. The van der Waals surface area contributed by atoms with Crippen LogP contribution >= 0.6 is 0 Å². The average Bonchev–Trinajstić information content (AvgIpc) is 2.90. The van der Waals surface area contributed by atoms with Crippen molar-refractivity contribution in [2.24, 2.45) is 7.05 Å². The lowest BCUT2D eigenvalue weighted by molar-refractivity contribution is -0.385. The van der Waals surface area contributed by atoms with E-state index in [2.05, 4.69) is 10.4 Å². The molecule has 8 nitrogen and oxygen atoms in total. The van der Waals surface area contributed by atoms with Crippen molar-refractivity contribution in [1.82, 2.24) is 15.1 Å². The lowest BCUT2D eigenvalue weighted by Crippen LogP contribution is -2.35. The molecular weight excluding hydrogens is 300 g/mol. The minimum absolute atomic E-state index is 0.00933. The SMILES string of the molecule is CCCCOC(=O)NC1C=C(c2c([N+](=O)[O-])cnn2C)CCC1. The van der Waals surface area contributed by atoms with E-state index in [0.29, 0.717) is 12.3 Å². The van der Waals surface area contributed by atoms with Gasteiger partial charge in [0.25, 0.3) is 0 Å². The van der Waals surface area contributed by atoms with Crippen LogP contribution in [0.4, 0.5) is 10.5 Å². The van der Waals surface area contributed by atoms with E-state index in [1.165, 1.54) is 10.9 Å². The van der Waals surface area contributed by atoms with Gasteiger partial charge in [0.2, 0.25) is 0 Å². The number of amides is 1. The van der Waals surface area contributed by atoms with Gasteiger partial charge in [-0.1, -0.05) is 19.4 Å². The summed E-state index contributed by atoms with van der Waals surface area (Å²) >= 11 is 0. The largest absolute Gasteiger partial charge is 0.450 e. The molecular formula is C15H22N4O4. The van der Waals surface area contributed by atoms with Gasteiger partial charge in [-0.2, -0.15) is 5.10 Å². The average molecular weight is 322 g/mol. The topological polar surface area (TPSA) is 99.3 Å². The highest BCUT2D eigenvalue weighted by atomic mass is 16.6.